The molecule has 1 unspecified atom stereocenters. The zero-order valence-electron chi connectivity index (χ0n) is 12.8. The van der Waals surface area contributed by atoms with Crippen LogP contribution < -0.4 is 10.2 Å². The SMILES string of the molecule is O=C(O)c1cc(N2C(=O)CC(Nc3ccc(F)cc3)C2=O)ccc1O. The number of carbonyl (C=O) groups excluding carboxylic acids is 2. The average molecular weight is 344 g/mol. The van der Waals surface area contributed by atoms with Gasteiger partial charge in [-0.2, -0.15) is 0 Å². The Morgan fingerprint density at radius 3 is 2.48 bits per heavy atom. The molecule has 1 atom stereocenters. The molecule has 2 amide bonds. The van der Waals surface area contributed by atoms with Crippen LogP contribution in [-0.2, 0) is 9.59 Å². The average Bonchev–Trinajstić information content (AvgIpc) is 2.84. The van der Waals surface area contributed by atoms with Crippen molar-refractivity contribution in [2.75, 3.05) is 10.2 Å². The Hall–Kier alpha value is -3.42. The van der Waals surface area contributed by atoms with Gasteiger partial charge in [-0.15, -0.1) is 0 Å². The van der Waals surface area contributed by atoms with Gasteiger partial charge in [-0.25, -0.2) is 14.1 Å². The van der Waals surface area contributed by atoms with Crippen molar-refractivity contribution in [3.63, 3.8) is 0 Å². The number of aromatic carboxylic acids is 1. The van der Waals surface area contributed by atoms with E-state index in [9.17, 15) is 23.9 Å². The third-order valence-corrected chi connectivity index (χ3v) is 3.80. The first-order valence-corrected chi connectivity index (χ1v) is 7.32. The molecule has 1 heterocycles. The van der Waals surface area contributed by atoms with Crippen molar-refractivity contribution >= 4 is 29.2 Å². The quantitative estimate of drug-likeness (QED) is 0.732. The molecule has 3 rings (SSSR count). The predicted octanol–water partition coefficient (Wildman–Crippen LogP) is 1.97. The highest BCUT2D eigenvalue weighted by Gasteiger charge is 2.39. The minimum Gasteiger partial charge on any atom is -0.507 e. The van der Waals surface area contributed by atoms with Gasteiger partial charge in [-0.05, 0) is 42.5 Å². The smallest absolute Gasteiger partial charge is 0.339 e. The summed E-state index contributed by atoms with van der Waals surface area (Å²) in [6, 6.07) is 7.95. The Morgan fingerprint density at radius 2 is 1.84 bits per heavy atom. The predicted molar refractivity (Wildman–Crippen MR) is 86.0 cm³/mol. The Balaban J connectivity index is 1.85. The van der Waals surface area contributed by atoms with Crippen LogP contribution in [0.3, 0.4) is 0 Å². The zero-order valence-corrected chi connectivity index (χ0v) is 12.8. The summed E-state index contributed by atoms with van der Waals surface area (Å²) in [6.45, 7) is 0. The molecule has 1 aliphatic heterocycles. The van der Waals surface area contributed by atoms with Gasteiger partial charge in [-0.3, -0.25) is 9.59 Å². The Kier molecular flexibility index (Phi) is 4.10. The lowest BCUT2D eigenvalue weighted by Gasteiger charge is -2.17. The van der Waals surface area contributed by atoms with Crippen LogP contribution in [0.4, 0.5) is 15.8 Å². The van der Waals surface area contributed by atoms with Crippen molar-refractivity contribution in [1.82, 2.24) is 0 Å². The number of benzene rings is 2. The highest BCUT2D eigenvalue weighted by atomic mass is 19.1. The normalized spacial score (nSPS) is 17.0. The minimum absolute atomic E-state index is 0.0635. The Morgan fingerprint density at radius 1 is 1.16 bits per heavy atom. The maximum absolute atomic E-state index is 12.9. The number of imide groups is 1. The lowest BCUT2D eigenvalue weighted by Crippen LogP contribution is -2.34. The second kappa shape index (κ2) is 6.23. The summed E-state index contributed by atoms with van der Waals surface area (Å²) in [5, 5.41) is 21.4. The number of aromatic hydroxyl groups is 1. The van der Waals surface area contributed by atoms with Gasteiger partial charge >= 0.3 is 5.97 Å². The second-order valence-corrected chi connectivity index (χ2v) is 5.48. The van der Waals surface area contributed by atoms with Crippen molar-refractivity contribution in [1.29, 1.82) is 0 Å². The zero-order chi connectivity index (χ0) is 18.1. The number of amides is 2. The van der Waals surface area contributed by atoms with Crippen LogP contribution in [-0.4, -0.2) is 34.0 Å². The van der Waals surface area contributed by atoms with Crippen LogP contribution >= 0.6 is 0 Å². The number of hydrogen-bond acceptors (Lipinski definition) is 5. The number of anilines is 2. The summed E-state index contributed by atoms with van der Waals surface area (Å²) in [5.41, 5.74) is 0.132. The van der Waals surface area contributed by atoms with Gasteiger partial charge in [0.1, 0.15) is 23.2 Å². The van der Waals surface area contributed by atoms with Crippen LogP contribution in [0.5, 0.6) is 5.75 Å². The number of nitrogens with zero attached hydrogens (tertiary/aromatic N) is 1. The molecule has 0 bridgehead atoms. The van der Waals surface area contributed by atoms with E-state index in [0.717, 1.165) is 17.0 Å². The fourth-order valence-electron chi connectivity index (χ4n) is 2.60. The van der Waals surface area contributed by atoms with E-state index < -0.39 is 41.0 Å². The molecule has 25 heavy (non-hydrogen) atoms. The molecule has 0 radical (unpaired) electrons. The van der Waals surface area contributed by atoms with Gasteiger partial charge in [0, 0.05) is 5.69 Å². The van der Waals surface area contributed by atoms with Crippen LogP contribution in [0.1, 0.15) is 16.8 Å². The number of phenols is 1. The van der Waals surface area contributed by atoms with E-state index in [2.05, 4.69) is 5.32 Å². The molecule has 1 aliphatic rings. The molecule has 3 N–H and O–H groups in total. The molecular formula is C17H13FN2O5. The number of carboxylic acid groups (broad SMARTS) is 1. The molecule has 7 nitrogen and oxygen atoms in total. The standard InChI is InChI=1S/C17H13FN2O5/c18-9-1-3-10(4-2-9)19-13-8-15(22)20(16(13)23)11-5-6-14(21)12(7-11)17(24)25/h1-7,13,19,21H,8H2,(H,24,25). The summed E-state index contributed by atoms with van der Waals surface area (Å²) in [4.78, 5) is 36.7. The first-order valence-electron chi connectivity index (χ1n) is 7.32. The molecule has 2 aromatic rings. The number of rotatable bonds is 4. The van der Waals surface area contributed by atoms with Gasteiger partial charge < -0.3 is 15.5 Å². The molecule has 0 spiro atoms. The van der Waals surface area contributed by atoms with Gasteiger partial charge in [-0.1, -0.05) is 0 Å². The maximum atomic E-state index is 12.9. The lowest BCUT2D eigenvalue weighted by atomic mass is 10.1. The molecule has 0 saturated carbocycles. The first-order chi connectivity index (χ1) is 11.9. The molecule has 0 aromatic heterocycles. The molecule has 128 valence electrons. The third-order valence-electron chi connectivity index (χ3n) is 3.80. The summed E-state index contributed by atoms with van der Waals surface area (Å²) in [5.74, 6) is -3.33. The number of carbonyl (C=O) groups is 3. The molecular weight excluding hydrogens is 331 g/mol. The molecule has 2 aromatic carbocycles. The van der Waals surface area contributed by atoms with Gasteiger partial charge in [0.25, 0.3) is 5.91 Å². The van der Waals surface area contributed by atoms with E-state index in [1.165, 1.54) is 30.3 Å². The van der Waals surface area contributed by atoms with E-state index in [-0.39, 0.29) is 12.1 Å². The van der Waals surface area contributed by atoms with E-state index in [1.807, 2.05) is 0 Å². The van der Waals surface area contributed by atoms with Crippen molar-refractivity contribution in [3.8, 4) is 5.75 Å². The topological polar surface area (TPSA) is 107 Å². The van der Waals surface area contributed by atoms with Crippen LogP contribution in [0.25, 0.3) is 0 Å². The van der Waals surface area contributed by atoms with E-state index in [0.29, 0.717) is 5.69 Å². The molecule has 0 aliphatic carbocycles. The third kappa shape index (κ3) is 3.14. The van der Waals surface area contributed by atoms with Crippen molar-refractivity contribution in [2.45, 2.75) is 12.5 Å². The summed E-state index contributed by atoms with van der Waals surface area (Å²) in [6.07, 6.45) is -0.126. The second-order valence-electron chi connectivity index (χ2n) is 5.48. The Labute approximate surface area is 141 Å². The van der Waals surface area contributed by atoms with Crippen LogP contribution in [0.15, 0.2) is 42.5 Å². The molecule has 1 saturated heterocycles. The number of hydrogen-bond donors (Lipinski definition) is 3. The minimum atomic E-state index is -1.38. The number of halogens is 1. The highest BCUT2D eigenvalue weighted by molar-refractivity contribution is 6.23. The van der Waals surface area contributed by atoms with Gasteiger partial charge in [0.05, 0.1) is 12.1 Å². The maximum Gasteiger partial charge on any atom is 0.339 e. The fourth-order valence-corrected chi connectivity index (χ4v) is 2.60. The van der Waals surface area contributed by atoms with E-state index in [1.54, 1.807) is 0 Å². The van der Waals surface area contributed by atoms with Gasteiger partial charge in [0.15, 0.2) is 0 Å². The van der Waals surface area contributed by atoms with Crippen molar-refractivity contribution < 1.29 is 29.0 Å². The van der Waals surface area contributed by atoms with Crippen molar-refractivity contribution in [3.05, 3.63) is 53.8 Å². The van der Waals surface area contributed by atoms with E-state index >= 15 is 0 Å². The largest absolute Gasteiger partial charge is 0.507 e. The van der Waals surface area contributed by atoms with E-state index in [4.69, 9.17) is 5.11 Å². The summed E-state index contributed by atoms with van der Waals surface area (Å²) < 4.78 is 12.9. The number of nitrogens with one attached hydrogen (secondary N) is 1. The van der Waals surface area contributed by atoms with Crippen LogP contribution in [0, 0.1) is 5.82 Å². The Bertz CT molecular complexity index is 866. The fraction of sp³-hybridized carbons (Fsp3) is 0.118. The van der Waals surface area contributed by atoms with Crippen molar-refractivity contribution in [2.24, 2.45) is 0 Å². The molecule has 8 heteroatoms. The monoisotopic (exact) mass is 344 g/mol. The number of carboxylic acids is 1. The van der Waals surface area contributed by atoms with Gasteiger partial charge in [0.2, 0.25) is 5.91 Å². The molecule has 1 fully saturated rings. The lowest BCUT2D eigenvalue weighted by molar-refractivity contribution is -0.121. The first kappa shape index (κ1) is 16.4. The summed E-state index contributed by atoms with van der Waals surface area (Å²) >= 11 is 0. The summed E-state index contributed by atoms with van der Waals surface area (Å²) in [7, 11) is 0. The van der Waals surface area contributed by atoms with Crippen LogP contribution in [0.2, 0.25) is 0 Å². The highest BCUT2D eigenvalue weighted by Crippen LogP contribution is 2.29.